The second-order valence-electron chi connectivity index (χ2n) is 4.72. The van der Waals surface area contributed by atoms with Crippen molar-refractivity contribution in [2.75, 3.05) is 0 Å². The molecule has 6 heteroatoms. The van der Waals surface area contributed by atoms with Crippen LogP contribution in [0.2, 0.25) is 0 Å². The number of aromatic carboxylic acids is 2. The van der Waals surface area contributed by atoms with Gasteiger partial charge in [0, 0.05) is 17.6 Å². The first kappa shape index (κ1) is 13.8. The van der Waals surface area contributed by atoms with E-state index in [-0.39, 0.29) is 22.6 Å². The highest BCUT2D eigenvalue weighted by molar-refractivity contribution is 5.96. The fourth-order valence-corrected chi connectivity index (χ4v) is 2.06. The number of rotatable bonds is 3. The van der Waals surface area contributed by atoms with E-state index in [1.807, 2.05) is 13.8 Å². The molecule has 1 aromatic heterocycles. The van der Waals surface area contributed by atoms with Gasteiger partial charge in [-0.15, -0.1) is 0 Å². The van der Waals surface area contributed by atoms with E-state index in [2.05, 4.69) is 0 Å². The molecule has 0 saturated heterocycles. The lowest BCUT2D eigenvalue weighted by atomic mass is 10.1. The minimum atomic E-state index is -1.30. The number of nitrogens with zero attached hydrogens (tertiary/aromatic N) is 1. The Balaban J connectivity index is 2.94. The SMILES string of the molecule is CC(C)n1cc(C(=O)O)c(=O)c2ccc(C(=O)O)cc21. The predicted molar refractivity (Wildman–Crippen MR) is 72.5 cm³/mol. The van der Waals surface area contributed by atoms with Gasteiger partial charge in [0.15, 0.2) is 0 Å². The van der Waals surface area contributed by atoms with Gasteiger partial charge in [-0.25, -0.2) is 9.59 Å². The van der Waals surface area contributed by atoms with Crippen molar-refractivity contribution in [2.45, 2.75) is 19.9 Å². The minimum absolute atomic E-state index is 0.0503. The molecular weight excluding hydrogens is 262 g/mol. The lowest BCUT2D eigenvalue weighted by Crippen LogP contribution is -2.20. The van der Waals surface area contributed by atoms with Crippen molar-refractivity contribution in [3.8, 4) is 0 Å². The standard InChI is InChI=1S/C14H13NO5/c1-7(2)15-6-10(14(19)20)12(16)9-4-3-8(13(17)18)5-11(9)15/h3-7H,1-2H3,(H,17,18)(H,19,20). The summed E-state index contributed by atoms with van der Waals surface area (Å²) in [7, 11) is 0. The van der Waals surface area contributed by atoms with Gasteiger partial charge < -0.3 is 14.8 Å². The Morgan fingerprint density at radius 1 is 1.15 bits per heavy atom. The molecule has 0 aliphatic rings. The Hall–Kier alpha value is -2.63. The largest absolute Gasteiger partial charge is 0.478 e. The van der Waals surface area contributed by atoms with Crippen molar-refractivity contribution in [3.05, 3.63) is 45.7 Å². The molecular formula is C14H13NO5. The maximum atomic E-state index is 12.1. The maximum Gasteiger partial charge on any atom is 0.341 e. The number of benzene rings is 1. The van der Waals surface area contributed by atoms with Gasteiger partial charge in [-0.05, 0) is 32.0 Å². The number of carbonyl (C=O) groups is 2. The molecule has 0 aliphatic carbocycles. The van der Waals surface area contributed by atoms with Crippen molar-refractivity contribution >= 4 is 22.8 Å². The lowest BCUT2D eigenvalue weighted by molar-refractivity contribution is 0.0684. The fourth-order valence-electron chi connectivity index (χ4n) is 2.06. The van der Waals surface area contributed by atoms with Gasteiger partial charge in [-0.1, -0.05) is 0 Å². The Morgan fingerprint density at radius 3 is 2.30 bits per heavy atom. The molecule has 0 atom stereocenters. The highest BCUT2D eigenvalue weighted by Gasteiger charge is 2.17. The molecule has 0 saturated carbocycles. The van der Waals surface area contributed by atoms with Crippen LogP contribution < -0.4 is 5.43 Å². The monoisotopic (exact) mass is 275 g/mol. The van der Waals surface area contributed by atoms with E-state index >= 15 is 0 Å². The highest BCUT2D eigenvalue weighted by atomic mass is 16.4. The molecule has 0 unspecified atom stereocenters. The van der Waals surface area contributed by atoms with E-state index in [1.54, 1.807) is 4.57 Å². The Morgan fingerprint density at radius 2 is 1.80 bits per heavy atom. The van der Waals surface area contributed by atoms with Crippen LogP contribution in [-0.4, -0.2) is 26.7 Å². The molecule has 20 heavy (non-hydrogen) atoms. The van der Waals surface area contributed by atoms with Gasteiger partial charge in [-0.3, -0.25) is 4.79 Å². The van der Waals surface area contributed by atoms with Crippen molar-refractivity contribution in [3.63, 3.8) is 0 Å². The first-order valence-electron chi connectivity index (χ1n) is 5.98. The van der Waals surface area contributed by atoms with Crippen LogP contribution >= 0.6 is 0 Å². The van der Waals surface area contributed by atoms with E-state index in [9.17, 15) is 14.4 Å². The molecule has 2 aromatic rings. The van der Waals surface area contributed by atoms with Crippen molar-refractivity contribution in [2.24, 2.45) is 0 Å². The highest BCUT2D eigenvalue weighted by Crippen LogP contribution is 2.18. The van der Waals surface area contributed by atoms with Crippen LogP contribution in [0.4, 0.5) is 0 Å². The number of hydrogen-bond acceptors (Lipinski definition) is 3. The Labute approximate surface area is 113 Å². The predicted octanol–water partition coefficient (Wildman–Crippen LogP) is 1.98. The molecule has 6 nitrogen and oxygen atoms in total. The molecule has 0 bridgehead atoms. The van der Waals surface area contributed by atoms with Gasteiger partial charge in [0.2, 0.25) is 5.43 Å². The van der Waals surface area contributed by atoms with Gasteiger partial charge in [0.25, 0.3) is 0 Å². The van der Waals surface area contributed by atoms with Crippen LogP contribution in [0.1, 0.15) is 40.6 Å². The van der Waals surface area contributed by atoms with Gasteiger partial charge in [-0.2, -0.15) is 0 Å². The number of fused-ring (bicyclic) bond motifs is 1. The van der Waals surface area contributed by atoms with Crippen LogP contribution in [0.25, 0.3) is 10.9 Å². The second kappa shape index (κ2) is 4.80. The van der Waals surface area contributed by atoms with Crippen molar-refractivity contribution in [1.82, 2.24) is 4.57 Å². The third-order valence-corrected chi connectivity index (χ3v) is 3.07. The smallest absolute Gasteiger partial charge is 0.341 e. The van der Waals surface area contributed by atoms with E-state index in [4.69, 9.17) is 10.2 Å². The zero-order valence-electron chi connectivity index (χ0n) is 11.0. The zero-order chi connectivity index (χ0) is 15.0. The maximum absolute atomic E-state index is 12.1. The molecule has 0 aliphatic heterocycles. The average Bonchev–Trinajstić information content (AvgIpc) is 2.37. The van der Waals surface area contributed by atoms with Gasteiger partial charge in [0.05, 0.1) is 11.1 Å². The summed E-state index contributed by atoms with van der Waals surface area (Å²) in [4.78, 5) is 34.2. The number of aromatic nitrogens is 1. The molecule has 104 valence electrons. The molecule has 0 fully saturated rings. The van der Waals surface area contributed by atoms with Crippen LogP contribution in [-0.2, 0) is 0 Å². The number of pyridine rings is 1. The van der Waals surface area contributed by atoms with Crippen LogP contribution in [0, 0.1) is 0 Å². The summed E-state index contributed by atoms with van der Waals surface area (Å²) >= 11 is 0. The Kier molecular flexibility index (Phi) is 3.31. The lowest BCUT2D eigenvalue weighted by Gasteiger charge is -2.16. The second-order valence-corrected chi connectivity index (χ2v) is 4.72. The average molecular weight is 275 g/mol. The molecule has 2 N–H and O–H groups in total. The van der Waals surface area contributed by atoms with E-state index in [1.165, 1.54) is 24.4 Å². The normalized spacial score (nSPS) is 10.9. The molecule has 0 spiro atoms. The molecule has 1 heterocycles. The molecule has 1 aromatic carbocycles. The third-order valence-electron chi connectivity index (χ3n) is 3.07. The van der Waals surface area contributed by atoms with Crippen LogP contribution in [0.3, 0.4) is 0 Å². The number of carboxylic acids is 2. The molecule has 0 radical (unpaired) electrons. The number of hydrogen-bond donors (Lipinski definition) is 2. The van der Waals surface area contributed by atoms with Gasteiger partial charge in [0.1, 0.15) is 5.56 Å². The first-order chi connectivity index (χ1) is 9.32. The van der Waals surface area contributed by atoms with Crippen molar-refractivity contribution in [1.29, 1.82) is 0 Å². The summed E-state index contributed by atoms with van der Waals surface area (Å²) in [5.74, 6) is -2.40. The summed E-state index contributed by atoms with van der Waals surface area (Å²) in [6, 6.07) is 3.92. The van der Waals surface area contributed by atoms with E-state index in [0.717, 1.165) is 0 Å². The topological polar surface area (TPSA) is 96.6 Å². The summed E-state index contributed by atoms with van der Waals surface area (Å²) in [6.07, 6.45) is 1.25. The third kappa shape index (κ3) is 2.16. The summed E-state index contributed by atoms with van der Waals surface area (Å²) < 4.78 is 1.59. The zero-order valence-corrected chi connectivity index (χ0v) is 11.0. The molecule has 2 rings (SSSR count). The summed E-state index contributed by atoms with van der Waals surface area (Å²) in [5, 5.41) is 18.3. The van der Waals surface area contributed by atoms with Crippen LogP contribution in [0.15, 0.2) is 29.2 Å². The van der Waals surface area contributed by atoms with E-state index in [0.29, 0.717) is 5.52 Å². The van der Waals surface area contributed by atoms with Crippen LogP contribution in [0.5, 0.6) is 0 Å². The fraction of sp³-hybridized carbons (Fsp3) is 0.214. The molecule has 0 amide bonds. The van der Waals surface area contributed by atoms with Crippen molar-refractivity contribution < 1.29 is 19.8 Å². The van der Waals surface area contributed by atoms with E-state index < -0.39 is 17.4 Å². The minimum Gasteiger partial charge on any atom is -0.478 e. The first-order valence-corrected chi connectivity index (χ1v) is 5.98. The quantitative estimate of drug-likeness (QED) is 0.892. The Bertz CT molecular complexity index is 773. The summed E-state index contributed by atoms with van der Waals surface area (Å²) in [5.41, 5.74) is -0.472. The van der Waals surface area contributed by atoms with Gasteiger partial charge >= 0.3 is 11.9 Å². The number of carboxylic acid groups (broad SMARTS) is 2. The summed E-state index contributed by atoms with van der Waals surface area (Å²) in [6.45, 7) is 3.64.